The Balaban J connectivity index is 0.00000481. The molecule has 0 unspecified atom stereocenters. The van der Waals surface area contributed by atoms with E-state index < -0.39 is 21.9 Å². The van der Waals surface area contributed by atoms with Crippen molar-refractivity contribution in [3.05, 3.63) is 82.1 Å². The number of anilines is 1. The molecule has 37 heavy (non-hydrogen) atoms. The van der Waals surface area contributed by atoms with E-state index in [1.807, 2.05) is 0 Å². The Morgan fingerprint density at radius 2 is 1.78 bits per heavy atom. The van der Waals surface area contributed by atoms with Crippen molar-refractivity contribution >= 4 is 50.8 Å². The molecule has 0 aliphatic heterocycles. The van der Waals surface area contributed by atoms with Crippen LogP contribution in [0.2, 0.25) is 10.0 Å². The summed E-state index contributed by atoms with van der Waals surface area (Å²) in [7, 11) is -3.67. The molecule has 10 nitrogen and oxygen atoms in total. The van der Waals surface area contributed by atoms with Gasteiger partial charge in [-0.1, -0.05) is 23.2 Å². The minimum Gasteiger partial charge on any atom is -0.545 e. The molecule has 0 aliphatic rings. The molecule has 0 saturated heterocycles. The fourth-order valence-electron chi connectivity index (χ4n) is 2.91. The second-order valence-electron chi connectivity index (χ2n) is 7.12. The number of hydrogen-bond donors (Lipinski definition) is 2. The molecule has 14 heteroatoms. The maximum absolute atomic E-state index is 12.5. The first kappa shape index (κ1) is 30.6. The third kappa shape index (κ3) is 9.01. The van der Waals surface area contributed by atoms with Crippen LogP contribution in [-0.4, -0.2) is 51.6 Å². The number of nitrogens with zero attached hydrogens (tertiary/aromatic N) is 1. The number of nitrogens with one attached hydrogen (secondary N) is 2. The van der Waals surface area contributed by atoms with Crippen LogP contribution < -0.4 is 38.7 Å². The maximum atomic E-state index is 12.5. The largest absolute Gasteiger partial charge is 1.00 e. The van der Waals surface area contributed by atoms with Gasteiger partial charge in [-0.05, 0) is 48.5 Å². The van der Waals surface area contributed by atoms with Crippen LogP contribution in [0.4, 0.5) is 5.69 Å². The summed E-state index contributed by atoms with van der Waals surface area (Å²) in [4.78, 5) is 27.9. The number of hydrogen-bond acceptors (Lipinski definition) is 8. The first-order valence-electron chi connectivity index (χ1n) is 10.4. The predicted octanol–water partition coefficient (Wildman–Crippen LogP) is -0.618. The van der Waals surface area contributed by atoms with Crippen LogP contribution in [-0.2, 0) is 14.8 Å². The molecule has 0 fully saturated rings. The minimum atomic E-state index is -3.67. The molecule has 3 rings (SSSR count). The second-order valence-corrected chi connectivity index (χ2v) is 9.73. The summed E-state index contributed by atoms with van der Waals surface area (Å²) >= 11 is 11.9. The van der Waals surface area contributed by atoms with Gasteiger partial charge < -0.3 is 24.7 Å². The molecule has 0 bridgehead atoms. The van der Waals surface area contributed by atoms with Crippen molar-refractivity contribution in [2.45, 2.75) is 4.90 Å². The Hall–Kier alpha value is -2.62. The molecular formula is C23H20Cl2LiN3O7S. The van der Waals surface area contributed by atoms with Gasteiger partial charge in [-0.25, -0.2) is 13.1 Å². The number of carbonyl (C=O) groups is 2. The van der Waals surface area contributed by atoms with Gasteiger partial charge in [0.25, 0.3) is 5.91 Å². The van der Waals surface area contributed by atoms with E-state index in [4.69, 9.17) is 32.7 Å². The summed E-state index contributed by atoms with van der Waals surface area (Å²) in [6.07, 6.45) is 2.71. The number of carboxylic acids is 1. The standard InChI is InChI=1S/C23H21Cl2N3O7S.Li/c24-15-3-5-18(20(25)12-15)22(29)28-21-6-4-16(13-19(21)23(30)31)35-11-10-34-9-8-27-36(32,33)17-2-1-7-26-14-17;/h1-7,12-14,27H,8-11H2,(H,28,29)(H,30,31);/q;+1/p-1. The van der Waals surface area contributed by atoms with Crippen LogP contribution in [0.25, 0.3) is 0 Å². The van der Waals surface area contributed by atoms with Gasteiger partial charge in [-0.3, -0.25) is 9.78 Å². The zero-order valence-electron chi connectivity index (χ0n) is 19.6. The Morgan fingerprint density at radius 1 is 1.00 bits per heavy atom. The van der Waals surface area contributed by atoms with Gasteiger partial charge in [0.15, 0.2) is 0 Å². The van der Waals surface area contributed by atoms with Crippen molar-refractivity contribution in [2.24, 2.45) is 0 Å². The minimum absolute atomic E-state index is 0. The summed E-state index contributed by atoms with van der Waals surface area (Å²) < 4.78 is 37.4. The summed E-state index contributed by atoms with van der Waals surface area (Å²) in [6.45, 7) is 0.306. The molecule has 0 atom stereocenters. The molecule has 3 aromatic rings. The summed E-state index contributed by atoms with van der Waals surface area (Å²) in [5.74, 6) is -1.94. The third-order valence-corrected chi connectivity index (χ3v) is 6.61. The molecule has 0 aliphatic carbocycles. The van der Waals surface area contributed by atoms with Gasteiger partial charge in [0, 0.05) is 29.5 Å². The number of ether oxygens (including phenoxy) is 2. The van der Waals surface area contributed by atoms with Crippen molar-refractivity contribution in [1.82, 2.24) is 9.71 Å². The van der Waals surface area contributed by atoms with Crippen LogP contribution in [0.1, 0.15) is 20.7 Å². The van der Waals surface area contributed by atoms with E-state index in [0.717, 1.165) is 0 Å². The molecule has 1 heterocycles. The summed E-state index contributed by atoms with van der Waals surface area (Å²) in [6, 6.07) is 11.3. The van der Waals surface area contributed by atoms with E-state index in [0.29, 0.717) is 5.02 Å². The van der Waals surface area contributed by atoms with E-state index in [2.05, 4.69) is 15.0 Å². The normalized spacial score (nSPS) is 10.9. The number of sulfonamides is 1. The van der Waals surface area contributed by atoms with Gasteiger partial charge >= 0.3 is 18.9 Å². The summed E-state index contributed by atoms with van der Waals surface area (Å²) in [5.41, 5.74) is -0.183. The molecule has 0 radical (unpaired) electrons. The predicted molar refractivity (Wildman–Crippen MR) is 131 cm³/mol. The Morgan fingerprint density at radius 3 is 2.46 bits per heavy atom. The van der Waals surface area contributed by atoms with E-state index >= 15 is 0 Å². The van der Waals surface area contributed by atoms with E-state index in [1.54, 1.807) is 0 Å². The van der Waals surface area contributed by atoms with Crippen LogP contribution in [0.3, 0.4) is 0 Å². The van der Waals surface area contributed by atoms with Crippen LogP contribution in [0, 0.1) is 0 Å². The van der Waals surface area contributed by atoms with Crippen molar-refractivity contribution < 1.29 is 51.4 Å². The topological polar surface area (TPSA) is 147 Å². The smallest absolute Gasteiger partial charge is 0.545 e. The van der Waals surface area contributed by atoms with Gasteiger partial charge in [-0.2, -0.15) is 0 Å². The average molecular weight is 560 g/mol. The van der Waals surface area contributed by atoms with Crippen LogP contribution in [0.5, 0.6) is 5.75 Å². The number of benzene rings is 2. The Kier molecular flexibility index (Phi) is 11.9. The van der Waals surface area contributed by atoms with Gasteiger partial charge in [0.2, 0.25) is 10.0 Å². The quantitative estimate of drug-likeness (QED) is 0.220. The zero-order valence-corrected chi connectivity index (χ0v) is 21.9. The molecule has 190 valence electrons. The van der Waals surface area contributed by atoms with Crippen LogP contribution >= 0.6 is 23.2 Å². The number of aromatic carboxylic acids is 1. The monoisotopic (exact) mass is 559 g/mol. The molecule has 1 aromatic heterocycles. The fraction of sp³-hybridized carbons (Fsp3) is 0.174. The van der Waals surface area contributed by atoms with Crippen LogP contribution in [0.15, 0.2) is 65.8 Å². The van der Waals surface area contributed by atoms with Crippen molar-refractivity contribution in [1.29, 1.82) is 0 Å². The van der Waals surface area contributed by atoms with E-state index in [1.165, 1.54) is 60.9 Å². The number of carbonyl (C=O) groups excluding carboxylic acids is 2. The molecule has 2 aromatic carbocycles. The van der Waals surface area contributed by atoms with Gasteiger partial charge in [0.1, 0.15) is 17.3 Å². The number of halogens is 2. The fourth-order valence-corrected chi connectivity index (χ4v) is 4.38. The molecule has 2 N–H and O–H groups in total. The van der Waals surface area contributed by atoms with Crippen molar-refractivity contribution in [2.75, 3.05) is 31.7 Å². The number of pyridine rings is 1. The first-order valence-corrected chi connectivity index (χ1v) is 12.6. The maximum Gasteiger partial charge on any atom is 1.00 e. The third-order valence-electron chi connectivity index (χ3n) is 4.61. The van der Waals surface area contributed by atoms with Crippen molar-refractivity contribution in [3.63, 3.8) is 0 Å². The van der Waals surface area contributed by atoms with Gasteiger partial charge in [-0.15, -0.1) is 0 Å². The van der Waals surface area contributed by atoms with E-state index in [-0.39, 0.29) is 77.7 Å². The van der Waals surface area contributed by atoms with E-state index in [9.17, 15) is 23.1 Å². The molecule has 0 saturated carbocycles. The Labute approximate surface area is 235 Å². The molecule has 1 amide bonds. The summed E-state index contributed by atoms with van der Waals surface area (Å²) in [5, 5.41) is 14.5. The first-order chi connectivity index (χ1) is 17.2. The number of amides is 1. The molecule has 0 spiro atoms. The average Bonchev–Trinajstić information content (AvgIpc) is 2.84. The molecular weight excluding hydrogens is 540 g/mol. The zero-order chi connectivity index (χ0) is 26.1. The van der Waals surface area contributed by atoms with Gasteiger partial charge in [0.05, 0.1) is 35.5 Å². The number of rotatable bonds is 12. The second kappa shape index (κ2) is 14.4. The number of aromatic nitrogens is 1. The SMILES string of the molecule is O=C(Nc1ccc(OCCOCCNS(=O)(=O)c2cccnc2)cc1C(=O)[O-])c1ccc(Cl)cc1Cl.[Li+]. The number of carboxylic acid groups (broad SMARTS) is 1. The Bertz CT molecular complexity index is 1350. The van der Waals surface area contributed by atoms with Crippen molar-refractivity contribution in [3.8, 4) is 5.75 Å².